The van der Waals surface area contributed by atoms with Crippen LogP contribution in [0.1, 0.15) is 37.2 Å². The van der Waals surface area contributed by atoms with Crippen molar-refractivity contribution in [2.45, 2.75) is 31.6 Å². The summed E-state index contributed by atoms with van der Waals surface area (Å²) >= 11 is 0. The second kappa shape index (κ2) is 4.75. The topological polar surface area (TPSA) is 26.3 Å². The second-order valence-corrected chi connectivity index (χ2v) is 5.74. The van der Waals surface area contributed by atoms with Crippen molar-refractivity contribution in [3.05, 3.63) is 35.9 Å². The van der Waals surface area contributed by atoms with Crippen molar-refractivity contribution in [1.82, 2.24) is 0 Å². The van der Waals surface area contributed by atoms with E-state index in [-0.39, 0.29) is 11.9 Å². The van der Waals surface area contributed by atoms with Gasteiger partial charge in [0.05, 0.1) is 13.0 Å². The Hall–Kier alpha value is -1.31. The van der Waals surface area contributed by atoms with Crippen molar-refractivity contribution in [1.29, 1.82) is 0 Å². The van der Waals surface area contributed by atoms with Crippen LogP contribution in [0.3, 0.4) is 0 Å². The molecule has 96 valence electrons. The predicted octanol–water partition coefficient (Wildman–Crippen LogP) is 3.38. The summed E-state index contributed by atoms with van der Waals surface area (Å²) in [6.45, 7) is 0. The number of esters is 1. The highest BCUT2D eigenvalue weighted by atomic mass is 16.5. The molecule has 3 rings (SSSR count). The molecule has 0 N–H and O–H groups in total. The average Bonchev–Trinajstić information content (AvgIpc) is 2.80. The third-order valence-electron chi connectivity index (χ3n) is 4.81. The molecule has 0 spiro atoms. The first-order valence-electron chi connectivity index (χ1n) is 6.92. The molecule has 0 heterocycles. The van der Waals surface area contributed by atoms with Crippen LogP contribution in [0.25, 0.3) is 0 Å². The van der Waals surface area contributed by atoms with Crippen molar-refractivity contribution in [3.8, 4) is 0 Å². The van der Waals surface area contributed by atoms with E-state index in [2.05, 4.69) is 24.3 Å². The van der Waals surface area contributed by atoms with Crippen LogP contribution in [0.5, 0.6) is 0 Å². The van der Waals surface area contributed by atoms with Crippen LogP contribution < -0.4 is 0 Å². The fourth-order valence-electron chi connectivity index (χ4n) is 4.02. The van der Waals surface area contributed by atoms with Gasteiger partial charge in [-0.25, -0.2) is 0 Å². The van der Waals surface area contributed by atoms with Crippen LogP contribution in [0.2, 0.25) is 0 Å². The minimum Gasteiger partial charge on any atom is -0.469 e. The van der Waals surface area contributed by atoms with Crippen LogP contribution in [0.4, 0.5) is 0 Å². The number of benzene rings is 1. The summed E-state index contributed by atoms with van der Waals surface area (Å²) in [5, 5.41) is 0. The molecule has 2 nitrogen and oxygen atoms in total. The Kier molecular flexibility index (Phi) is 3.11. The number of carbonyl (C=O) groups is 1. The van der Waals surface area contributed by atoms with E-state index >= 15 is 0 Å². The summed E-state index contributed by atoms with van der Waals surface area (Å²) in [5.41, 5.74) is 1.31. The van der Waals surface area contributed by atoms with Crippen LogP contribution in [-0.2, 0) is 9.53 Å². The number of methoxy groups -OCH3 is 1. The smallest absolute Gasteiger partial charge is 0.309 e. The maximum Gasteiger partial charge on any atom is 0.309 e. The molecule has 0 amide bonds. The summed E-state index contributed by atoms with van der Waals surface area (Å²) in [6, 6.07) is 10.5. The normalized spacial score (nSPS) is 34.3. The van der Waals surface area contributed by atoms with E-state index in [1.807, 2.05) is 6.07 Å². The van der Waals surface area contributed by atoms with Gasteiger partial charge in [0.2, 0.25) is 0 Å². The maximum absolute atomic E-state index is 12.1. The standard InChI is InChI=1S/C16H20O2/c1-18-16(17)15-13-8-7-11(9-13)10-14(15)12-5-3-2-4-6-12/h2-6,11,13-15H,7-10H2,1H3/t11-,13+,14?,15?/m1/s1. The Morgan fingerprint density at radius 2 is 1.94 bits per heavy atom. The first-order valence-corrected chi connectivity index (χ1v) is 6.92. The Morgan fingerprint density at radius 1 is 1.17 bits per heavy atom. The average molecular weight is 244 g/mol. The molecule has 0 aliphatic heterocycles. The van der Waals surface area contributed by atoms with E-state index in [4.69, 9.17) is 4.74 Å². The molecule has 1 aromatic rings. The van der Waals surface area contributed by atoms with Crippen molar-refractivity contribution in [2.24, 2.45) is 17.8 Å². The molecule has 2 saturated carbocycles. The summed E-state index contributed by atoms with van der Waals surface area (Å²) in [7, 11) is 1.52. The highest BCUT2D eigenvalue weighted by Gasteiger charge is 2.46. The van der Waals surface area contributed by atoms with Crippen LogP contribution >= 0.6 is 0 Å². The molecule has 2 unspecified atom stereocenters. The molecule has 0 aromatic heterocycles. The summed E-state index contributed by atoms with van der Waals surface area (Å²) in [6.07, 6.45) is 4.87. The van der Waals surface area contributed by atoms with Crippen LogP contribution in [0, 0.1) is 17.8 Å². The molecule has 2 fully saturated rings. The van der Waals surface area contributed by atoms with Gasteiger partial charge in [0.25, 0.3) is 0 Å². The predicted molar refractivity (Wildman–Crippen MR) is 70.1 cm³/mol. The molecule has 18 heavy (non-hydrogen) atoms. The molecule has 2 aliphatic rings. The zero-order valence-corrected chi connectivity index (χ0v) is 10.8. The van der Waals surface area contributed by atoms with Gasteiger partial charge >= 0.3 is 5.97 Å². The SMILES string of the molecule is COC(=O)C1C(c2ccccc2)C[C@@H]2CC[C@H]1C2. The van der Waals surface area contributed by atoms with E-state index in [0.717, 1.165) is 12.3 Å². The first kappa shape index (κ1) is 11.8. The zero-order chi connectivity index (χ0) is 12.5. The van der Waals surface area contributed by atoms with Gasteiger partial charge in [-0.05, 0) is 42.6 Å². The summed E-state index contributed by atoms with van der Waals surface area (Å²) < 4.78 is 5.05. The lowest BCUT2D eigenvalue weighted by Crippen LogP contribution is -2.33. The lowest BCUT2D eigenvalue weighted by molar-refractivity contribution is -0.149. The van der Waals surface area contributed by atoms with Gasteiger partial charge in [-0.1, -0.05) is 36.8 Å². The Morgan fingerprint density at radius 3 is 2.67 bits per heavy atom. The molecule has 2 heteroatoms. The highest BCUT2D eigenvalue weighted by molar-refractivity contribution is 5.74. The summed E-state index contributed by atoms with van der Waals surface area (Å²) in [4.78, 5) is 12.1. The van der Waals surface area contributed by atoms with E-state index < -0.39 is 0 Å². The number of carbonyl (C=O) groups excluding carboxylic acids is 1. The Labute approximate surface area is 108 Å². The van der Waals surface area contributed by atoms with E-state index in [0.29, 0.717) is 11.8 Å². The fourth-order valence-corrected chi connectivity index (χ4v) is 4.02. The van der Waals surface area contributed by atoms with Crippen molar-refractivity contribution in [3.63, 3.8) is 0 Å². The fraction of sp³-hybridized carbons (Fsp3) is 0.562. The minimum atomic E-state index is -0.00537. The van der Waals surface area contributed by atoms with Crippen LogP contribution in [-0.4, -0.2) is 13.1 Å². The maximum atomic E-state index is 12.1. The minimum absolute atomic E-state index is 0.00537. The van der Waals surface area contributed by atoms with Gasteiger partial charge in [0.15, 0.2) is 0 Å². The number of hydrogen-bond donors (Lipinski definition) is 0. The largest absolute Gasteiger partial charge is 0.469 e. The Balaban J connectivity index is 1.93. The van der Waals surface area contributed by atoms with Crippen LogP contribution in [0.15, 0.2) is 30.3 Å². The van der Waals surface area contributed by atoms with Gasteiger partial charge in [-0.2, -0.15) is 0 Å². The van der Waals surface area contributed by atoms with E-state index in [9.17, 15) is 4.79 Å². The molecule has 0 radical (unpaired) electrons. The number of ether oxygens (including phenoxy) is 1. The lowest BCUT2D eigenvalue weighted by atomic mass is 9.69. The molecular weight excluding hydrogens is 224 g/mol. The van der Waals surface area contributed by atoms with Gasteiger partial charge in [-0.3, -0.25) is 4.79 Å². The molecule has 4 atom stereocenters. The molecule has 2 bridgehead atoms. The third-order valence-corrected chi connectivity index (χ3v) is 4.81. The molecular formula is C16H20O2. The van der Waals surface area contributed by atoms with E-state index in [1.165, 1.54) is 31.9 Å². The highest BCUT2D eigenvalue weighted by Crippen LogP contribution is 2.52. The lowest BCUT2D eigenvalue weighted by Gasteiger charge is -2.35. The van der Waals surface area contributed by atoms with E-state index in [1.54, 1.807) is 0 Å². The van der Waals surface area contributed by atoms with Crippen molar-refractivity contribution in [2.75, 3.05) is 7.11 Å². The molecule has 0 saturated heterocycles. The number of hydrogen-bond acceptors (Lipinski definition) is 2. The summed E-state index contributed by atoms with van der Waals surface area (Å²) in [5.74, 6) is 1.80. The third kappa shape index (κ3) is 1.94. The second-order valence-electron chi connectivity index (χ2n) is 5.74. The van der Waals surface area contributed by atoms with Crippen molar-refractivity contribution < 1.29 is 9.53 Å². The van der Waals surface area contributed by atoms with Gasteiger partial charge in [0.1, 0.15) is 0 Å². The Bertz CT molecular complexity index is 426. The monoisotopic (exact) mass is 244 g/mol. The molecule has 1 aromatic carbocycles. The zero-order valence-electron chi connectivity index (χ0n) is 10.8. The van der Waals surface area contributed by atoms with Gasteiger partial charge < -0.3 is 4.74 Å². The number of rotatable bonds is 2. The first-order chi connectivity index (χ1) is 8.79. The number of fused-ring (bicyclic) bond motifs is 2. The molecule has 2 aliphatic carbocycles. The van der Waals surface area contributed by atoms with Gasteiger partial charge in [-0.15, -0.1) is 0 Å². The van der Waals surface area contributed by atoms with Crippen molar-refractivity contribution >= 4 is 5.97 Å². The quantitative estimate of drug-likeness (QED) is 0.745. The van der Waals surface area contributed by atoms with Gasteiger partial charge in [0, 0.05) is 0 Å².